The summed E-state index contributed by atoms with van der Waals surface area (Å²) in [6, 6.07) is 9.68. The minimum Gasteiger partial charge on any atom is -0.494 e. The van der Waals surface area contributed by atoms with E-state index in [2.05, 4.69) is 9.98 Å². The van der Waals surface area contributed by atoms with Crippen LogP contribution in [0.2, 0.25) is 0 Å². The molecule has 1 aromatic heterocycles. The van der Waals surface area contributed by atoms with Crippen molar-refractivity contribution in [1.82, 2.24) is 4.98 Å². The second-order valence-corrected chi connectivity index (χ2v) is 5.72. The topological polar surface area (TPSA) is 104 Å². The Morgan fingerprint density at radius 1 is 1.23 bits per heavy atom. The molecule has 2 aromatic carbocycles. The van der Waals surface area contributed by atoms with Crippen LogP contribution >= 0.6 is 0 Å². The van der Waals surface area contributed by atoms with Gasteiger partial charge in [0.05, 0.1) is 18.4 Å². The third-order valence-corrected chi connectivity index (χ3v) is 3.89. The monoisotopic (exact) mass is 352 g/mol. The van der Waals surface area contributed by atoms with Crippen LogP contribution in [0.3, 0.4) is 0 Å². The number of methoxy groups -OCH3 is 1. The number of hydrogen-bond acceptors (Lipinski definition) is 4. The zero-order valence-corrected chi connectivity index (χ0v) is 14.1. The van der Waals surface area contributed by atoms with Crippen molar-refractivity contribution < 1.29 is 13.9 Å². The molecule has 7 heteroatoms. The van der Waals surface area contributed by atoms with Crippen LogP contribution in [0.1, 0.15) is 21.5 Å². The quantitative estimate of drug-likeness (QED) is 0.417. The van der Waals surface area contributed by atoms with Gasteiger partial charge in [0.2, 0.25) is 0 Å². The van der Waals surface area contributed by atoms with Gasteiger partial charge in [-0.25, -0.2) is 9.38 Å². The molecule has 0 aliphatic heterocycles. The van der Waals surface area contributed by atoms with E-state index in [-0.39, 0.29) is 11.8 Å². The number of rotatable bonds is 5. The molecule has 0 radical (unpaired) electrons. The molecule has 0 spiro atoms. The summed E-state index contributed by atoms with van der Waals surface area (Å²) in [5.41, 5.74) is 14.1. The van der Waals surface area contributed by atoms with Crippen molar-refractivity contribution >= 4 is 28.8 Å². The van der Waals surface area contributed by atoms with Crippen molar-refractivity contribution in [1.29, 1.82) is 0 Å². The summed E-state index contributed by atoms with van der Waals surface area (Å²) in [4.78, 5) is 19.9. The molecule has 0 bridgehead atoms. The second kappa shape index (κ2) is 7.18. The number of nitrogens with zero attached hydrogens (tertiary/aromatic N) is 2. The number of guanidine groups is 1. The predicted molar refractivity (Wildman–Crippen MR) is 98.4 cm³/mol. The fraction of sp³-hybridized carbons (Fsp3) is 0.105. The molecule has 3 aromatic rings. The van der Waals surface area contributed by atoms with Gasteiger partial charge in [-0.2, -0.15) is 0 Å². The fourth-order valence-corrected chi connectivity index (χ4v) is 2.78. The molecular formula is C19H17FN4O2. The van der Waals surface area contributed by atoms with Gasteiger partial charge in [-0.3, -0.25) is 9.78 Å². The third kappa shape index (κ3) is 3.46. The predicted octanol–water partition coefficient (Wildman–Crippen LogP) is 2.69. The van der Waals surface area contributed by atoms with E-state index in [1.807, 2.05) is 6.07 Å². The molecule has 0 aliphatic carbocycles. The molecule has 1 heterocycles. The van der Waals surface area contributed by atoms with Crippen molar-refractivity contribution in [2.45, 2.75) is 6.42 Å². The summed E-state index contributed by atoms with van der Waals surface area (Å²) in [5, 5.41) is 0.653. The summed E-state index contributed by atoms with van der Waals surface area (Å²) >= 11 is 0. The van der Waals surface area contributed by atoms with Gasteiger partial charge in [-0.05, 0) is 41.8 Å². The smallest absolute Gasteiger partial charge is 0.191 e. The van der Waals surface area contributed by atoms with Crippen LogP contribution in [-0.2, 0) is 6.42 Å². The number of aldehydes is 1. The van der Waals surface area contributed by atoms with Gasteiger partial charge < -0.3 is 16.2 Å². The highest BCUT2D eigenvalue weighted by Gasteiger charge is 2.15. The maximum Gasteiger partial charge on any atom is 0.191 e. The number of carbonyl (C=O) groups is 1. The Balaban J connectivity index is 2.16. The lowest BCUT2D eigenvalue weighted by molar-refractivity contribution is 0.112. The standard InChI is InChI=1S/C19H17FN4O2/c1-26-18-13(10-25)8-16(24-19(21)22)15-7-12(9-23-17(15)18)6-11-2-4-14(20)5-3-11/h2-5,7-10H,6H2,1H3,(H4,21,22,24). The number of nitrogens with two attached hydrogens (primary N) is 2. The number of hydrogen-bond donors (Lipinski definition) is 2. The Kier molecular flexibility index (Phi) is 4.79. The van der Waals surface area contributed by atoms with Gasteiger partial charge in [0.1, 0.15) is 11.3 Å². The summed E-state index contributed by atoms with van der Waals surface area (Å²) in [7, 11) is 1.47. The van der Waals surface area contributed by atoms with E-state index in [0.717, 1.165) is 11.1 Å². The highest BCUT2D eigenvalue weighted by molar-refractivity contribution is 6.02. The summed E-state index contributed by atoms with van der Waals surface area (Å²) in [6.07, 6.45) is 2.91. The Morgan fingerprint density at radius 3 is 2.58 bits per heavy atom. The molecule has 6 nitrogen and oxygen atoms in total. The maximum absolute atomic E-state index is 13.1. The first-order valence-electron chi connectivity index (χ1n) is 7.80. The Morgan fingerprint density at radius 2 is 1.96 bits per heavy atom. The fourth-order valence-electron chi connectivity index (χ4n) is 2.78. The lowest BCUT2D eigenvalue weighted by Crippen LogP contribution is -2.22. The zero-order valence-electron chi connectivity index (χ0n) is 14.1. The van der Waals surface area contributed by atoms with Gasteiger partial charge in [-0.15, -0.1) is 0 Å². The van der Waals surface area contributed by atoms with Gasteiger partial charge in [0, 0.05) is 11.6 Å². The second-order valence-electron chi connectivity index (χ2n) is 5.72. The van der Waals surface area contributed by atoms with Crippen LogP contribution in [-0.4, -0.2) is 24.3 Å². The van der Waals surface area contributed by atoms with Crippen molar-refractivity contribution in [3.63, 3.8) is 0 Å². The van der Waals surface area contributed by atoms with E-state index in [1.54, 1.807) is 24.4 Å². The van der Waals surface area contributed by atoms with Crippen LogP contribution in [0.25, 0.3) is 10.9 Å². The molecule has 3 rings (SSSR count). The van der Waals surface area contributed by atoms with E-state index in [0.29, 0.717) is 40.6 Å². The van der Waals surface area contributed by atoms with Gasteiger partial charge >= 0.3 is 0 Å². The Labute approximate surface area is 149 Å². The summed E-state index contributed by atoms with van der Waals surface area (Å²) < 4.78 is 18.4. The van der Waals surface area contributed by atoms with Crippen molar-refractivity contribution in [2.75, 3.05) is 7.11 Å². The Bertz CT molecular complexity index is 997. The van der Waals surface area contributed by atoms with Gasteiger partial charge in [-0.1, -0.05) is 12.1 Å². The molecule has 0 unspecified atom stereocenters. The molecule has 0 aliphatic rings. The molecule has 0 amide bonds. The third-order valence-electron chi connectivity index (χ3n) is 3.89. The lowest BCUT2D eigenvalue weighted by Gasteiger charge is -2.12. The summed E-state index contributed by atoms with van der Waals surface area (Å²) in [6.45, 7) is 0. The number of ether oxygens (including phenoxy) is 1. The minimum atomic E-state index is -0.286. The molecule has 132 valence electrons. The van der Waals surface area contributed by atoms with Crippen LogP contribution in [0.4, 0.5) is 10.1 Å². The number of fused-ring (bicyclic) bond motifs is 1. The van der Waals surface area contributed by atoms with Crippen LogP contribution in [0.15, 0.2) is 47.6 Å². The molecule has 0 atom stereocenters. The first-order valence-corrected chi connectivity index (χ1v) is 7.80. The van der Waals surface area contributed by atoms with E-state index in [4.69, 9.17) is 16.2 Å². The average Bonchev–Trinajstić information content (AvgIpc) is 2.63. The molecule has 26 heavy (non-hydrogen) atoms. The van der Waals surface area contributed by atoms with Crippen LogP contribution in [0, 0.1) is 5.82 Å². The normalized spacial score (nSPS) is 10.5. The number of carbonyl (C=O) groups excluding carboxylic acids is 1. The van der Waals surface area contributed by atoms with E-state index in [1.165, 1.54) is 19.2 Å². The molecule has 0 fully saturated rings. The SMILES string of the molecule is COc1c(C=O)cc(N=C(N)N)c2cc(Cc3ccc(F)cc3)cnc12. The van der Waals surface area contributed by atoms with E-state index < -0.39 is 0 Å². The minimum absolute atomic E-state index is 0.128. The number of benzene rings is 2. The van der Waals surface area contributed by atoms with Crippen LogP contribution < -0.4 is 16.2 Å². The van der Waals surface area contributed by atoms with E-state index >= 15 is 0 Å². The first-order chi connectivity index (χ1) is 12.5. The number of aromatic nitrogens is 1. The number of aliphatic imine (C=N–C) groups is 1. The van der Waals surface area contributed by atoms with Gasteiger partial charge in [0.25, 0.3) is 0 Å². The molecule has 0 saturated carbocycles. The highest BCUT2D eigenvalue weighted by Crippen LogP contribution is 2.35. The molecule has 0 saturated heterocycles. The van der Waals surface area contributed by atoms with Gasteiger partial charge in [0.15, 0.2) is 18.0 Å². The van der Waals surface area contributed by atoms with Crippen molar-refractivity contribution in [3.05, 3.63) is 65.1 Å². The Hall–Kier alpha value is -3.48. The average molecular weight is 352 g/mol. The first kappa shape index (κ1) is 17.3. The molecular weight excluding hydrogens is 335 g/mol. The number of pyridine rings is 1. The van der Waals surface area contributed by atoms with Crippen molar-refractivity contribution in [2.24, 2.45) is 16.5 Å². The van der Waals surface area contributed by atoms with Crippen molar-refractivity contribution in [3.8, 4) is 5.75 Å². The zero-order chi connectivity index (χ0) is 18.7. The largest absolute Gasteiger partial charge is 0.494 e. The van der Waals surface area contributed by atoms with Crippen LogP contribution in [0.5, 0.6) is 5.75 Å². The molecule has 4 N–H and O–H groups in total. The summed E-state index contributed by atoms with van der Waals surface area (Å²) in [5.74, 6) is -0.0540. The van der Waals surface area contributed by atoms with E-state index in [9.17, 15) is 9.18 Å². The lowest BCUT2D eigenvalue weighted by atomic mass is 10.0. The highest BCUT2D eigenvalue weighted by atomic mass is 19.1. The number of halogens is 1. The maximum atomic E-state index is 13.1.